The van der Waals surface area contributed by atoms with Crippen molar-refractivity contribution in [2.24, 2.45) is 0 Å². The Bertz CT molecular complexity index is 710. The molecule has 7 heteroatoms. The van der Waals surface area contributed by atoms with Crippen molar-refractivity contribution < 1.29 is 9.47 Å². The fraction of sp³-hybridized carbons (Fsp3) is 0.188. The summed E-state index contributed by atoms with van der Waals surface area (Å²) in [7, 11) is 3.20. The monoisotopic (exact) mass is 370 g/mol. The maximum absolute atomic E-state index is 6.10. The third-order valence-electron chi connectivity index (χ3n) is 3.08. The minimum Gasteiger partial charge on any atom is -0.493 e. The Balaban J connectivity index is 1.96. The molecule has 0 aliphatic carbocycles. The van der Waals surface area contributed by atoms with Crippen LogP contribution in [0.4, 0.5) is 5.69 Å². The molecule has 0 unspecified atom stereocenters. The molecule has 0 atom stereocenters. The lowest BCUT2D eigenvalue weighted by molar-refractivity contribution is 0.354. The van der Waals surface area contributed by atoms with E-state index >= 15 is 0 Å². The van der Waals surface area contributed by atoms with Gasteiger partial charge in [-0.25, -0.2) is 0 Å². The molecule has 0 spiro atoms. The number of rotatable bonds is 5. The molecule has 0 aromatic heterocycles. The lowest BCUT2D eigenvalue weighted by Crippen LogP contribution is -2.28. The van der Waals surface area contributed by atoms with Gasteiger partial charge in [-0.1, -0.05) is 29.3 Å². The maximum Gasteiger partial charge on any atom is 0.171 e. The Hall–Kier alpha value is -1.69. The van der Waals surface area contributed by atoms with Crippen LogP contribution in [-0.4, -0.2) is 19.3 Å². The van der Waals surface area contributed by atoms with Gasteiger partial charge in [0.15, 0.2) is 16.6 Å². The molecule has 0 amide bonds. The first kappa shape index (κ1) is 17.7. The number of anilines is 1. The Kier molecular flexibility index (Phi) is 6.33. The predicted molar refractivity (Wildman–Crippen MR) is 99.1 cm³/mol. The van der Waals surface area contributed by atoms with Gasteiger partial charge < -0.3 is 20.1 Å². The zero-order valence-corrected chi connectivity index (χ0v) is 15.0. The van der Waals surface area contributed by atoms with Crippen LogP contribution in [-0.2, 0) is 6.54 Å². The molecular formula is C16H16Cl2N2O2S. The summed E-state index contributed by atoms with van der Waals surface area (Å²) in [6.07, 6.45) is 0. The van der Waals surface area contributed by atoms with E-state index in [2.05, 4.69) is 10.6 Å². The van der Waals surface area contributed by atoms with Crippen molar-refractivity contribution in [2.75, 3.05) is 19.5 Å². The number of hydrogen-bond donors (Lipinski definition) is 2. The van der Waals surface area contributed by atoms with Crippen molar-refractivity contribution >= 4 is 46.2 Å². The molecule has 0 heterocycles. The van der Waals surface area contributed by atoms with E-state index in [1.165, 1.54) is 0 Å². The number of halogens is 2. The summed E-state index contributed by atoms with van der Waals surface area (Å²) in [5, 5.41) is 7.69. The molecule has 2 aromatic carbocycles. The van der Waals surface area contributed by atoms with Crippen LogP contribution in [0.15, 0.2) is 36.4 Å². The summed E-state index contributed by atoms with van der Waals surface area (Å²) in [5.41, 5.74) is 1.70. The first-order valence-corrected chi connectivity index (χ1v) is 7.90. The van der Waals surface area contributed by atoms with Gasteiger partial charge in [-0.05, 0) is 48.1 Å². The van der Waals surface area contributed by atoms with Crippen LogP contribution >= 0.6 is 35.4 Å². The van der Waals surface area contributed by atoms with E-state index in [1.807, 2.05) is 18.2 Å². The van der Waals surface area contributed by atoms with Gasteiger partial charge in [-0.3, -0.25) is 0 Å². The van der Waals surface area contributed by atoms with Gasteiger partial charge in [0.05, 0.1) is 24.9 Å². The van der Waals surface area contributed by atoms with Crippen LogP contribution in [0.5, 0.6) is 11.5 Å². The molecule has 2 rings (SSSR count). The number of thiocarbonyl (C=S) groups is 1. The SMILES string of the molecule is COc1ccc(CNC(=S)Nc2ccc(Cl)cc2Cl)cc1OC. The summed E-state index contributed by atoms with van der Waals surface area (Å²) in [6.45, 7) is 0.539. The van der Waals surface area contributed by atoms with Gasteiger partial charge in [0, 0.05) is 11.6 Å². The normalized spacial score (nSPS) is 10.1. The maximum atomic E-state index is 6.10. The zero-order chi connectivity index (χ0) is 16.8. The van der Waals surface area contributed by atoms with Crippen molar-refractivity contribution in [3.05, 3.63) is 52.0 Å². The van der Waals surface area contributed by atoms with E-state index in [9.17, 15) is 0 Å². The van der Waals surface area contributed by atoms with Gasteiger partial charge in [-0.2, -0.15) is 0 Å². The highest BCUT2D eigenvalue weighted by atomic mass is 35.5. The van der Waals surface area contributed by atoms with E-state index in [0.29, 0.717) is 38.9 Å². The van der Waals surface area contributed by atoms with E-state index in [-0.39, 0.29) is 0 Å². The van der Waals surface area contributed by atoms with Crippen molar-refractivity contribution in [1.29, 1.82) is 0 Å². The predicted octanol–water partition coefficient (Wildman–Crippen LogP) is 4.50. The molecule has 4 nitrogen and oxygen atoms in total. The van der Waals surface area contributed by atoms with Crippen molar-refractivity contribution in [1.82, 2.24) is 5.32 Å². The molecule has 0 radical (unpaired) electrons. The quantitative estimate of drug-likeness (QED) is 0.758. The lowest BCUT2D eigenvalue weighted by Gasteiger charge is -2.13. The highest BCUT2D eigenvalue weighted by Gasteiger charge is 2.06. The second-order valence-corrected chi connectivity index (χ2v) is 5.87. The number of nitrogens with one attached hydrogen (secondary N) is 2. The Morgan fingerprint density at radius 2 is 1.78 bits per heavy atom. The molecule has 0 bridgehead atoms. The van der Waals surface area contributed by atoms with Crippen molar-refractivity contribution in [2.45, 2.75) is 6.54 Å². The number of ether oxygens (including phenoxy) is 2. The van der Waals surface area contributed by atoms with E-state index in [1.54, 1.807) is 32.4 Å². The molecule has 0 fully saturated rings. The van der Waals surface area contributed by atoms with Crippen LogP contribution in [0.25, 0.3) is 0 Å². The topological polar surface area (TPSA) is 42.5 Å². The summed E-state index contributed by atoms with van der Waals surface area (Å²) in [4.78, 5) is 0. The minimum atomic E-state index is 0.462. The zero-order valence-electron chi connectivity index (χ0n) is 12.7. The Morgan fingerprint density at radius 1 is 1.04 bits per heavy atom. The number of hydrogen-bond acceptors (Lipinski definition) is 3. The third-order valence-corrected chi connectivity index (χ3v) is 3.87. The number of methoxy groups -OCH3 is 2. The summed E-state index contributed by atoms with van der Waals surface area (Å²) < 4.78 is 10.5. The Labute approximate surface area is 150 Å². The summed E-state index contributed by atoms with van der Waals surface area (Å²) >= 11 is 17.2. The lowest BCUT2D eigenvalue weighted by atomic mass is 10.2. The highest BCUT2D eigenvalue weighted by Crippen LogP contribution is 2.27. The Morgan fingerprint density at radius 3 is 2.43 bits per heavy atom. The third kappa shape index (κ3) is 4.89. The summed E-state index contributed by atoms with van der Waals surface area (Å²) in [6, 6.07) is 10.8. The molecule has 0 aliphatic heterocycles. The standard InChI is InChI=1S/C16H16Cl2N2O2S/c1-21-14-6-3-10(7-15(14)22-2)9-19-16(23)20-13-5-4-11(17)8-12(13)18/h3-8H,9H2,1-2H3,(H2,19,20,23). The van der Waals surface area contributed by atoms with Gasteiger partial charge >= 0.3 is 0 Å². The highest BCUT2D eigenvalue weighted by molar-refractivity contribution is 7.80. The second-order valence-electron chi connectivity index (χ2n) is 4.62. The van der Waals surface area contributed by atoms with Crippen LogP contribution in [0.1, 0.15) is 5.56 Å². The van der Waals surface area contributed by atoms with Crippen molar-refractivity contribution in [3.8, 4) is 11.5 Å². The van der Waals surface area contributed by atoms with Gasteiger partial charge in [0.25, 0.3) is 0 Å². The average molecular weight is 371 g/mol. The average Bonchev–Trinajstić information content (AvgIpc) is 2.55. The first-order valence-electron chi connectivity index (χ1n) is 6.74. The largest absolute Gasteiger partial charge is 0.493 e. The van der Waals surface area contributed by atoms with Crippen LogP contribution in [0.3, 0.4) is 0 Å². The number of benzene rings is 2. The van der Waals surface area contributed by atoms with Crippen molar-refractivity contribution in [3.63, 3.8) is 0 Å². The van der Waals surface area contributed by atoms with E-state index in [4.69, 9.17) is 44.9 Å². The molecular weight excluding hydrogens is 355 g/mol. The van der Waals surface area contributed by atoms with Crippen LogP contribution < -0.4 is 20.1 Å². The molecule has 0 saturated carbocycles. The minimum absolute atomic E-state index is 0.462. The van der Waals surface area contributed by atoms with Gasteiger partial charge in [-0.15, -0.1) is 0 Å². The fourth-order valence-corrected chi connectivity index (χ4v) is 2.57. The molecule has 2 N–H and O–H groups in total. The second kappa shape index (κ2) is 8.24. The molecule has 2 aromatic rings. The van der Waals surface area contributed by atoms with Gasteiger partial charge in [0.1, 0.15) is 0 Å². The van der Waals surface area contributed by atoms with Gasteiger partial charge in [0.2, 0.25) is 0 Å². The van der Waals surface area contributed by atoms with E-state index in [0.717, 1.165) is 5.56 Å². The van der Waals surface area contributed by atoms with Crippen LogP contribution in [0.2, 0.25) is 10.0 Å². The molecule has 0 aliphatic rings. The smallest absolute Gasteiger partial charge is 0.171 e. The molecule has 122 valence electrons. The molecule has 0 saturated heterocycles. The fourth-order valence-electron chi connectivity index (χ4n) is 1.93. The van der Waals surface area contributed by atoms with E-state index < -0.39 is 0 Å². The first-order chi connectivity index (χ1) is 11.0. The van der Waals surface area contributed by atoms with Crippen LogP contribution in [0, 0.1) is 0 Å². The summed E-state index contributed by atoms with van der Waals surface area (Å²) in [5.74, 6) is 1.36. The molecule has 23 heavy (non-hydrogen) atoms.